The van der Waals surface area contributed by atoms with Gasteiger partial charge < -0.3 is 0 Å². The molecule has 0 radical (unpaired) electrons. The molecule has 0 aromatic heterocycles. The lowest BCUT2D eigenvalue weighted by atomic mass is 9.91. The van der Waals surface area contributed by atoms with Crippen molar-refractivity contribution in [1.82, 2.24) is 0 Å². The fourth-order valence-electron chi connectivity index (χ4n) is 2.40. The normalized spacial score (nSPS) is 12.7. The first-order valence-electron chi connectivity index (χ1n) is 7.82. The van der Waals surface area contributed by atoms with Crippen LogP contribution in [-0.4, -0.2) is 10.5 Å². The van der Waals surface area contributed by atoms with E-state index in [0.717, 1.165) is 25.7 Å². The highest BCUT2D eigenvalue weighted by atomic mass is 35.5. The molecule has 0 saturated carbocycles. The van der Waals surface area contributed by atoms with Crippen LogP contribution in [0.2, 0.25) is 0 Å². The van der Waals surface area contributed by atoms with Crippen molar-refractivity contribution < 1.29 is 9.59 Å². The lowest BCUT2D eigenvalue weighted by molar-refractivity contribution is -0.116. The van der Waals surface area contributed by atoms with E-state index in [-0.39, 0.29) is 16.4 Å². The second-order valence-electron chi connectivity index (χ2n) is 5.88. The molecule has 0 bridgehead atoms. The predicted molar refractivity (Wildman–Crippen MR) is 86.2 cm³/mol. The first kappa shape index (κ1) is 19.9. The second-order valence-corrected chi connectivity index (χ2v) is 6.67. The molecule has 0 spiro atoms. The first-order valence-corrected chi connectivity index (χ1v) is 8.58. The Morgan fingerprint density at radius 3 is 1.65 bits per heavy atom. The number of hydrogen-bond donors (Lipinski definition) is 0. The van der Waals surface area contributed by atoms with Crippen molar-refractivity contribution in [3.63, 3.8) is 0 Å². The zero-order valence-corrected chi connectivity index (χ0v) is 14.3. The standard InChI is InChI=1S/C16H28Cl2O2/c1-13(2)14(16(18)20)11-9-7-5-3-4-6-8-10-12-15(17)19/h13-14H,3-12H2,1-2H3. The summed E-state index contributed by atoms with van der Waals surface area (Å²) in [5, 5.41) is -0.410. The van der Waals surface area contributed by atoms with Crippen LogP contribution >= 0.6 is 23.2 Å². The first-order chi connectivity index (χ1) is 9.45. The molecule has 0 aromatic carbocycles. The number of halogens is 2. The van der Waals surface area contributed by atoms with Crippen LogP contribution in [-0.2, 0) is 9.59 Å². The number of carbonyl (C=O) groups excluding carboxylic acids is 2. The maximum absolute atomic E-state index is 11.2. The molecule has 0 aliphatic heterocycles. The van der Waals surface area contributed by atoms with Gasteiger partial charge in [0.25, 0.3) is 0 Å². The molecule has 4 heteroatoms. The minimum absolute atomic E-state index is 0.0183. The molecule has 1 unspecified atom stereocenters. The molecule has 0 heterocycles. The van der Waals surface area contributed by atoms with Crippen LogP contribution in [0, 0.1) is 11.8 Å². The van der Waals surface area contributed by atoms with Crippen LogP contribution in [0.25, 0.3) is 0 Å². The molecule has 2 nitrogen and oxygen atoms in total. The summed E-state index contributed by atoms with van der Waals surface area (Å²) in [5.41, 5.74) is 0. The molecule has 0 aliphatic carbocycles. The van der Waals surface area contributed by atoms with Gasteiger partial charge >= 0.3 is 0 Å². The van der Waals surface area contributed by atoms with Crippen LogP contribution in [0.3, 0.4) is 0 Å². The average Bonchev–Trinajstić information content (AvgIpc) is 2.34. The molecule has 1 atom stereocenters. The Balaban J connectivity index is 3.36. The van der Waals surface area contributed by atoms with E-state index in [9.17, 15) is 9.59 Å². The number of unbranched alkanes of at least 4 members (excludes halogenated alkanes) is 7. The van der Waals surface area contributed by atoms with E-state index in [1.165, 1.54) is 32.1 Å². The predicted octanol–water partition coefficient (Wildman–Crippen LogP) is 5.69. The monoisotopic (exact) mass is 322 g/mol. The third-order valence-corrected chi connectivity index (χ3v) is 4.20. The van der Waals surface area contributed by atoms with E-state index in [1.807, 2.05) is 0 Å². The maximum atomic E-state index is 11.2. The largest absolute Gasteiger partial charge is 0.281 e. The summed E-state index contributed by atoms with van der Waals surface area (Å²) in [5.74, 6) is 0.356. The molecular formula is C16H28Cl2O2. The van der Waals surface area contributed by atoms with Crippen molar-refractivity contribution in [1.29, 1.82) is 0 Å². The van der Waals surface area contributed by atoms with Gasteiger partial charge in [0.1, 0.15) is 0 Å². The third-order valence-electron chi connectivity index (χ3n) is 3.73. The molecule has 0 amide bonds. The van der Waals surface area contributed by atoms with Gasteiger partial charge in [-0.15, -0.1) is 0 Å². The fraction of sp³-hybridized carbons (Fsp3) is 0.875. The van der Waals surface area contributed by atoms with Crippen LogP contribution in [0.4, 0.5) is 0 Å². The third kappa shape index (κ3) is 11.7. The molecule has 0 saturated heterocycles. The van der Waals surface area contributed by atoms with Gasteiger partial charge in [0.05, 0.1) is 0 Å². The maximum Gasteiger partial charge on any atom is 0.224 e. The average molecular weight is 323 g/mol. The lowest BCUT2D eigenvalue weighted by Crippen LogP contribution is -2.15. The SMILES string of the molecule is CC(C)C(CCCCCCCCCCC(=O)Cl)C(=O)Cl. The summed E-state index contributed by atoms with van der Waals surface area (Å²) in [6.07, 6.45) is 10.5. The van der Waals surface area contributed by atoms with Gasteiger partial charge in [-0.3, -0.25) is 9.59 Å². The zero-order valence-electron chi connectivity index (χ0n) is 12.8. The molecule has 0 aliphatic rings. The van der Waals surface area contributed by atoms with Crippen molar-refractivity contribution in [2.24, 2.45) is 11.8 Å². The Labute approximate surface area is 133 Å². The van der Waals surface area contributed by atoms with Crippen LogP contribution in [0.5, 0.6) is 0 Å². The van der Waals surface area contributed by atoms with Crippen molar-refractivity contribution in [2.45, 2.75) is 78.1 Å². The Morgan fingerprint density at radius 2 is 1.25 bits per heavy atom. The van der Waals surface area contributed by atoms with E-state index in [1.54, 1.807) is 0 Å². The van der Waals surface area contributed by atoms with E-state index in [4.69, 9.17) is 23.2 Å². The molecule has 0 aromatic rings. The van der Waals surface area contributed by atoms with Gasteiger partial charge in [-0.2, -0.15) is 0 Å². The molecule has 0 N–H and O–H groups in total. The van der Waals surface area contributed by atoms with Gasteiger partial charge in [-0.05, 0) is 42.0 Å². The van der Waals surface area contributed by atoms with E-state index < -0.39 is 0 Å². The Kier molecular flexibility index (Phi) is 12.6. The highest BCUT2D eigenvalue weighted by Gasteiger charge is 2.19. The highest BCUT2D eigenvalue weighted by molar-refractivity contribution is 6.64. The van der Waals surface area contributed by atoms with Crippen LogP contribution in [0.15, 0.2) is 0 Å². The minimum Gasteiger partial charge on any atom is -0.281 e. The van der Waals surface area contributed by atoms with Crippen molar-refractivity contribution in [3.05, 3.63) is 0 Å². The van der Waals surface area contributed by atoms with Crippen molar-refractivity contribution >= 4 is 33.7 Å². The summed E-state index contributed by atoms with van der Waals surface area (Å²) >= 11 is 10.9. The van der Waals surface area contributed by atoms with Gasteiger partial charge in [-0.1, -0.05) is 58.8 Å². The Hall–Kier alpha value is -0.0800. The molecule has 0 rings (SSSR count). The van der Waals surface area contributed by atoms with Gasteiger partial charge in [0.2, 0.25) is 10.5 Å². The van der Waals surface area contributed by atoms with Gasteiger partial charge in [0, 0.05) is 12.3 Å². The summed E-state index contributed by atoms with van der Waals surface area (Å²) < 4.78 is 0. The zero-order chi connectivity index (χ0) is 15.4. The molecule has 0 fully saturated rings. The molecular weight excluding hydrogens is 295 g/mol. The van der Waals surface area contributed by atoms with Crippen molar-refractivity contribution in [2.75, 3.05) is 0 Å². The highest BCUT2D eigenvalue weighted by Crippen LogP contribution is 2.22. The number of hydrogen-bond acceptors (Lipinski definition) is 2. The Bertz CT molecular complexity index is 278. The van der Waals surface area contributed by atoms with Gasteiger partial charge in [-0.25, -0.2) is 0 Å². The molecule has 20 heavy (non-hydrogen) atoms. The fourth-order valence-corrected chi connectivity index (χ4v) is 2.89. The number of carbonyl (C=O) groups is 2. The van der Waals surface area contributed by atoms with Crippen molar-refractivity contribution in [3.8, 4) is 0 Å². The van der Waals surface area contributed by atoms with E-state index in [2.05, 4.69) is 13.8 Å². The summed E-state index contributed by atoms with van der Waals surface area (Å²) in [4.78, 5) is 21.8. The van der Waals surface area contributed by atoms with E-state index in [0.29, 0.717) is 12.3 Å². The van der Waals surface area contributed by atoms with Crippen LogP contribution in [0.1, 0.15) is 78.1 Å². The quantitative estimate of drug-likeness (QED) is 0.322. The lowest BCUT2D eigenvalue weighted by Gasteiger charge is -2.15. The Morgan fingerprint density at radius 1 is 0.800 bits per heavy atom. The topological polar surface area (TPSA) is 34.1 Å². The van der Waals surface area contributed by atoms with Gasteiger partial charge in [0.15, 0.2) is 0 Å². The number of rotatable bonds is 13. The summed E-state index contributed by atoms with van der Waals surface area (Å²) in [6.45, 7) is 4.10. The van der Waals surface area contributed by atoms with Crippen LogP contribution < -0.4 is 0 Å². The minimum atomic E-state index is -0.224. The second kappa shape index (κ2) is 12.6. The summed E-state index contributed by atoms with van der Waals surface area (Å²) in [6, 6.07) is 0. The molecule has 118 valence electrons. The summed E-state index contributed by atoms with van der Waals surface area (Å²) in [7, 11) is 0. The smallest absolute Gasteiger partial charge is 0.224 e. The van der Waals surface area contributed by atoms with E-state index >= 15 is 0 Å².